The predicted molar refractivity (Wildman–Crippen MR) is 64.8 cm³/mol. The third kappa shape index (κ3) is 9.70. The molecule has 0 spiro atoms. The predicted octanol–water partition coefficient (Wildman–Crippen LogP) is 3.69. The lowest BCUT2D eigenvalue weighted by Crippen LogP contribution is -2.03. The summed E-state index contributed by atoms with van der Waals surface area (Å²) in [5.74, 6) is 0. The van der Waals surface area contributed by atoms with Crippen molar-refractivity contribution in [2.45, 2.75) is 46.8 Å². The SMILES string of the molecule is C=C(C)C.CCC/C(C)=C/C1OCCO1. The van der Waals surface area contributed by atoms with Crippen molar-refractivity contribution >= 4 is 0 Å². The Kier molecular flexibility index (Phi) is 8.34. The van der Waals surface area contributed by atoms with Crippen LogP contribution in [0.4, 0.5) is 0 Å². The molecule has 0 bridgehead atoms. The van der Waals surface area contributed by atoms with Crippen molar-refractivity contribution in [2.24, 2.45) is 0 Å². The molecule has 15 heavy (non-hydrogen) atoms. The van der Waals surface area contributed by atoms with E-state index in [1.165, 1.54) is 17.6 Å². The molecule has 0 aromatic rings. The Balaban J connectivity index is 0.000000423. The van der Waals surface area contributed by atoms with Crippen molar-refractivity contribution in [3.8, 4) is 0 Å². The average Bonchev–Trinajstić information content (AvgIpc) is 2.55. The summed E-state index contributed by atoms with van der Waals surface area (Å²) in [6.07, 6.45) is 4.33. The van der Waals surface area contributed by atoms with Crippen molar-refractivity contribution in [3.63, 3.8) is 0 Å². The van der Waals surface area contributed by atoms with Crippen LogP contribution in [0.3, 0.4) is 0 Å². The summed E-state index contributed by atoms with van der Waals surface area (Å²) in [7, 11) is 0. The van der Waals surface area contributed by atoms with Gasteiger partial charge in [0.25, 0.3) is 0 Å². The molecular weight excluding hydrogens is 188 g/mol. The van der Waals surface area contributed by atoms with Gasteiger partial charge in [-0.25, -0.2) is 0 Å². The van der Waals surface area contributed by atoms with Crippen LogP contribution >= 0.6 is 0 Å². The van der Waals surface area contributed by atoms with E-state index in [0.29, 0.717) is 0 Å². The van der Waals surface area contributed by atoms with Gasteiger partial charge in [0.15, 0.2) is 6.29 Å². The molecule has 0 aliphatic carbocycles. The number of allylic oxidation sites excluding steroid dienone is 2. The van der Waals surface area contributed by atoms with E-state index in [0.717, 1.165) is 19.6 Å². The molecule has 0 amide bonds. The summed E-state index contributed by atoms with van der Waals surface area (Å²) in [5.41, 5.74) is 2.53. The van der Waals surface area contributed by atoms with Crippen LogP contribution in [0.1, 0.15) is 40.5 Å². The first-order chi connectivity index (χ1) is 7.06. The van der Waals surface area contributed by atoms with Gasteiger partial charge in [0, 0.05) is 0 Å². The van der Waals surface area contributed by atoms with Gasteiger partial charge in [-0.2, -0.15) is 0 Å². The van der Waals surface area contributed by atoms with E-state index in [9.17, 15) is 0 Å². The summed E-state index contributed by atoms with van der Waals surface area (Å²) in [6, 6.07) is 0. The standard InChI is InChI=1S/C9H16O2.C4H8/c1-3-4-8(2)7-9-10-5-6-11-9;1-4(2)3/h7,9H,3-6H2,1-2H3;1H2,2-3H3/b8-7+;. The van der Waals surface area contributed by atoms with E-state index in [4.69, 9.17) is 9.47 Å². The number of ether oxygens (including phenoxy) is 2. The maximum Gasteiger partial charge on any atom is 0.177 e. The molecule has 1 heterocycles. The maximum absolute atomic E-state index is 5.27. The lowest BCUT2D eigenvalue weighted by atomic mass is 10.2. The molecule has 1 rings (SSSR count). The fourth-order valence-corrected chi connectivity index (χ4v) is 1.18. The Morgan fingerprint density at radius 2 is 1.73 bits per heavy atom. The normalized spacial score (nSPS) is 17.2. The summed E-state index contributed by atoms with van der Waals surface area (Å²) in [5, 5.41) is 0. The number of rotatable bonds is 3. The Morgan fingerprint density at radius 1 is 1.27 bits per heavy atom. The zero-order valence-corrected chi connectivity index (χ0v) is 10.5. The van der Waals surface area contributed by atoms with Gasteiger partial charge in [0.1, 0.15) is 0 Å². The molecule has 0 atom stereocenters. The Hall–Kier alpha value is -0.600. The van der Waals surface area contributed by atoms with E-state index >= 15 is 0 Å². The van der Waals surface area contributed by atoms with Gasteiger partial charge in [-0.05, 0) is 33.3 Å². The van der Waals surface area contributed by atoms with Crippen molar-refractivity contribution in [1.29, 1.82) is 0 Å². The minimum atomic E-state index is -0.0680. The van der Waals surface area contributed by atoms with Gasteiger partial charge in [-0.1, -0.05) is 24.5 Å². The molecule has 2 heteroatoms. The van der Waals surface area contributed by atoms with Crippen molar-refractivity contribution < 1.29 is 9.47 Å². The first-order valence-electron chi connectivity index (χ1n) is 5.58. The highest BCUT2D eigenvalue weighted by molar-refractivity contribution is 5.00. The van der Waals surface area contributed by atoms with Crippen LogP contribution in [-0.2, 0) is 9.47 Å². The van der Waals surface area contributed by atoms with Crippen LogP contribution in [0.5, 0.6) is 0 Å². The first kappa shape index (κ1) is 14.4. The molecule has 0 radical (unpaired) electrons. The molecule has 2 nitrogen and oxygen atoms in total. The van der Waals surface area contributed by atoms with Gasteiger partial charge in [-0.3, -0.25) is 0 Å². The fraction of sp³-hybridized carbons (Fsp3) is 0.692. The van der Waals surface area contributed by atoms with E-state index < -0.39 is 0 Å². The van der Waals surface area contributed by atoms with E-state index in [-0.39, 0.29) is 6.29 Å². The van der Waals surface area contributed by atoms with E-state index in [1.54, 1.807) is 0 Å². The molecule has 1 aliphatic heterocycles. The monoisotopic (exact) mass is 212 g/mol. The quantitative estimate of drug-likeness (QED) is 0.664. The molecule has 0 aromatic heterocycles. The van der Waals surface area contributed by atoms with Crippen LogP contribution in [0.15, 0.2) is 23.8 Å². The second-order valence-corrected chi connectivity index (χ2v) is 4.08. The van der Waals surface area contributed by atoms with Crippen molar-refractivity contribution in [1.82, 2.24) is 0 Å². The number of hydrogen-bond acceptors (Lipinski definition) is 2. The van der Waals surface area contributed by atoms with E-state index in [1.807, 2.05) is 13.8 Å². The maximum atomic E-state index is 5.27. The van der Waals surface area contributed by atoms with Crippen molar-refractivity contribution in [3.05, 3.63) is 23.8 Å². The third-order valence-electron chi connectivity index (χ3n) is 1.71. The Labute approximate surface area is 94.0 Å². The topological polar surface area (TPSA) is 18.5 Å². The van der Waals surface area contributed by atoms with Gasteiger partial charge in [0.2, 0.25) is 0 Å². The van der Waals surface area contributed by atoms with Gasteiger partial charge < -0.3 is 9.47 Å². The first-order valence-corrected chi connectivity index (χ1v) is 5.58. The fourth-order valence-electron chi connectivity index (χ4n) is 1.18. The minimum absolute atomic E-state index is 0.0680. The van der Waals surface area contributed by atoms with Crippen LogP contribution in [0.25, 0.3) is 0 Å². The molecule has 1 aliphatic rings. The zero-order chi connectivity index (χ0) is 11.7. The molecule has 1 saturated heterocycles. The van der Waals surface area contributed by atoms with E-state index in [2.05, 4.69) is 26.5 Å². The molecule has 0 unspecified atom stereocenters. The highest BCUT2D eigenvalue weighted by Crippen LogP contribution is 2.10. The zero-order valence-electron chi connectivity index (χ0n) is 10.5. The second-order valence-electron chi connectivity index (χ2n) is 4.08. The lowest BCUT2D eigenvalue weighted by Gasteiger charge is -2.04. The smallest absolute Gasteiger partial charge is 0.177 e. The van der Waals surface area contributed by atoms with Crippen LogP contribution in [-0.4, -0.2) is 19.5 Å². The number of hydrogen-bond donors (Lipinski definition) is 0. The molecule has 0 aromatic carbocycles. The summed E-state index contributed by atoms with van der Waals surface area (Å²) in [6.45, 7) is 13.3. The highest BCUT2D eigenvalue weighted by Gasteiger charge is 2.12. The molecule has 88 valence electrons. The molecule has 1 fully saturated rings. The summed E-state index contributed by atoms with van der Waals surface area (Å²) < 4.78 is 10.5. The Morgan fingerprint density at radius 3 is 2.13 bits per heavy atom. The minimum Gasteiger partial charge on any atom is -0.347 e. The second kappa shape index (κ2) is 8.69. The van der Waals surface area contributed by atoms with Crippen LogP contribution in [0, 0.1) is 0 Å². The highest BCUT2D eigenvalue weighted by atomic mass is 16.7. The van der Waals surface area contributed by atoms with Gasteiger partial charge in [0.05, 0.1) is 13.2 Å². The largest absolute Gasteiger partial charge is 0.347 e. The third-order valence-corrected chi connectivity index (χ3v) is 1.71. The summed E-state index contributed by atoms with van der Waals surface area (Å²) >= 11 is 0. The van der Waals surface area contributed by atoms with Crippen LogP contribution < -0.4 is 0 Å². The molecule has 0 saturated carbocycles. The lowest BCUT2D eigenvalue weighted by molar-refractivity contribution is -0.00224. The van der Waals surface area contributed by atoms with Gasteiger partial charge in [-0.15, -0.1) is 6.58 Å². The molecular formula is C13H24O2. The molecule has 0 N–H and O–H groups in total. The average molecular weight is 212 g/mol. The Bertz CT molecular complexity index is 197. The van der Waals surface area contributed by atoms with Crippen LogP contribution in [0.2, 0.25) is 0 Å². The van der Waals surface area contributed by atoms with Crippen molar-refractivity contribution in [2.75, 3.05) is 13.2 Å². The van der Waals surface area contributed by atoms with Gasteiger partial charge >= 0.3 is 0 Å². The summed E-state index contributed by atoms with van der Waals surface area (Å²) in [4.78, 5) is 0.